The number of β-amino-alcohol motifs (C(OH)–C–C–N with tert-alkyl or cyclic N) is 1. The molecule has 1 heterocycles. The number of likely N-dealkylation sites (tertiary alicyclic amines) is 1. The Bertz CT molecular complexity index is 531. The van der Waals surface area contributed by atoms with Gasteiger partial charge in [-0.3, -0.25) is 4.90 Å². The average Bonchev–Trinajstić information content (AvgIpc) is 2.94. The minimum absolute atomic E-state index is 0.223. The van der Waals surface area contributed by atoms with Gasteiger partial charge in [0.05, 0.1) is 0 Å². The summed E-state index contributed by atoms with van der Waals surface area (Å²) in [4.78, 5) is 2.25. The highest BCUT2D eigenvalue weighted by atomic mass is 16.3. The number of nitrogens with zero attached hydrogens (tertiary/aromatic N) is 1. The third-order valence-corrected chi connectivity index (χ3v) is 4.26. The molecule has 2 aromatic rings. The molecule has 1 aliphatic rings. The first-order valence-electron chi connectivity index (χ1n) is 7.50. The van der Waals surface area contributed by atoms with Crippen LogP contribution < -0.4 is 5.73 Å². The van der Waals surface area contributed by atoms with Crippen molar-refractivity contribution in [1.29, 1.82) is 0 Å². The predicted molar refractivity (Wildman–Crippen MR) is 84.9 cm³/mol. The van der Waals surface area contributed by atoms with Crippen LogP contribution >= 0.6 is 0 Å². The van der Waals surface area contributed by atoms with Crippen LogP contribution in [0.5, 0.6) is 0 Å². The van der Waals surface area contributed by atoms with E-state index in [1.165, 1.54) is 0 Å². The third kappa shape index (κ3) is 3.00. The van der Waals surface area contributed by atoms with Gasteiger partial charge in [-0.05, 0) is 24.1 Å². The second-order valence-electron chi connectivity index (χ2n) is 5.88. The molecule has 110 valence electrons. The Morgan fingerprint density at radius 3 is 1.95 bits per heavy atom. The molecule has 3 nitrogen and oxygen atoms in total. The van der Waals surface area contributed by atoms with Crippen molar-refractivity contribution >= 4 is 0 Å². The quantitative estimate of drug-likeness (QED) is 0.901. The molecule has 0 spiro atoms. The van der Waals surface area contributed by atoms with Gasteiger partial charge in [0.1, 0.15) is 5.60 Å². The molecule has 0 radical (unpaired) electrons. The predicted octanol–water partition coefficient (Wildman–Crippen LogP) is 1.96. The molecule has 0 bridgehead atoms. The molecule has 0 saturated carbocycles. The van der Waals surface area contributed by atoms with Gasteiger partial charge in [0, 0.05) is 19.1 Å². The van der Waals surface area contributed by atoms with Crippen LogP contribution in [0.3, 0.4) is 0 Å². The van der Waals surface area contributed by atoms with Gasteiger partial charge in [0.15, 0.2) is 0 Å². The monoisotopic (exact) mass is 282 g/mol. The summed E-state index contributed by atoms with van der Waals surface area (Å²) in [7, 11) is 0. The van der Waals surface area contributed by atoms with Gasteiger partial charge in [-0.15, -0.1) is 0 Å². The zero-order valence-electron chi connectivity index (χ0n) is 12.2. The first kappa shape index (κ1) is 14.3. The average molecular weight is 282 g/mol. The van der Waals surface area contributed by atoms with Crippen molar-refractivity contribution in [3.05, 3.63) is 71.8 Å². The largest absolute Gasteiger partial charge is 0.379 e. The maximum absolute atomic E-state index is 11.4. The fraction of sp³-hybridized carbons (Fsp3) is 0.333. The SMILES string of the molecule is NC1CCN(CC(O)(c2ccccc2)c2ccccc2)C1. The minimum Gasteiger partial charge on any atom is -0.379 e. The highest BCUT2D eigenvalue weighted by Gasteiger charge is 2.35. The van der Waals surface area contributed by atoms with Crippen molar-refractivity contribution in [3.63, 3.8) is 0 Å². The topological polar surface area (TPSA) is 49.5 Å². The van der Waals surface area contributed by atoms with Crippen LogP contribution in [0.2, 0.25) is 0 Å². The number of benzene rings is 2. The molecule has 21 heavy (non-hydrogen) atoms. The first-order valence-corrected chi connectivity index (χ1v) is 7.50. The van der Waals surface area contributed by atoms with E-state index in [0.717, 1.165) is 30.6 Å². The van der Waals surface area contributed by atoms with E-state index in [4.69, 9.17) is 5.73 Å². The smallest absolute Gasteiger partial charge is 0.127 e. The third-order valence-electron chi connectivity index (χ3n) is 4.26. The minimum atomic E-state index is -0.993. The van der Waals surface area contributed by atoms with Gasteiger partial charge in [-0.25, -0.2) is 0 Å². The van der Waals surface area contributed by atoms with E-state index in [0.29, 0.717) is 6.54 Å². The lowest BCUT2D eigenvalue weighted by Gasteiger charge is -2.33. The van der Waals surface area contributed by atoms with Gasteiger partial charge >= 0.3 is 0 Å². The number of hydrogen-bond acceptors (Lipinski definition) is 3. The molecule has 1 fully saturated rings. The first-order chi connectivity index (χ1) is 10.2. The molecule has 1 atom stereocenters. The summed E-state index contributed by atoms with van der Waals surface area (Å²) in [6.45, 7) is 2.37. The standard InChI is InChI=1S/C18H22N2O/c19-17-11-12-20(13-17)14-18(21,15-7-3-1-4-8-15)16-9-5-2-6-10-16/h1-10,17,21H,11-14,19H2. The normalized spacial score (nSPS) is 19.8. The Balaban J connectivity index is 1.95. The molecule has 3 rings (SSSR count). The molecular formula is C18H22N2O. The molecule has 2 aromatic carbocycles. The summed E-state index contributed by atoms with van der Waals surface area (Å²) < 4.78 is 0. The summed E-state index contributed by atoms with van der Waals surface area (Å²) in [5, 5.41) is 11.4. The summed E-state index contributed by atoms with van der Waals surface area (Å²) in [6, 6.07) is 20.0. The van der Waals surface area contributed by atoms with Crippen molar-refractivity contribution in [3.8, 4) is 0 Å². The molecule has 1 unspecified atom stereocenters. The van der Waals surface area contributed by atoms with E-state index < -0.39 is 5.60 Å². The summed E-state index contributed by atoms with van der Waals surface area (Å²) >= 11 is 0. The lowest BCUT2D eigenvalue weighted by Crippen LogP contribution is -2.41. The van der Waals surface area contributed by atoms with Crippen molar-refractivity contribution < 1.29 is 5.11 Å². The number of rotatable bonds is 4. The molecule has 0 aromatic heterocycles. The Hall–Kier alpha value is -1.68. The van der Waals surface area contributed by atoms with Gasteiger partial charge in [0.25, 0.3) is 0 Å². The zero-order chi connectivity index (χ0) is 14.7. The van der Waals surface area contributed by atoms with E-state index in [-0.39, 0.29) is 6.04 Å². The number of hydrogen-bond donors (Lipinski definition) is 2. The van der Waals surface area contributed by atoms with Crippen LogP contribution in [0.4, 0.5) is 0 Å². The molecule has 3 N–H and O–H groups in total. The van der Waals surface area contributed by atoms with Crippen molar-refractivity contribution in [2.24, 2.45) is 5.73 Å². The maximum atomic E-state index is 11.4. The maximum Gasteiger partial charge on any atom is 0.127 e. The van der Waals surface area contributed by atoms with Crippen LogP contribution in [-0.2, 0) is 5.60 Å². The summed E-state index contributed by atoms with van der Waals surface area (Å²) in [5.41, 5.74) is 6.86. The molecule has 3 heteroatoms. The van der Waals surface area contributed by atoms with Crippen LogP contribution in [0.25, 0.3) is 0 Å². The van der Waals surface area contributed by atoms with Gasteiger partial charge < -0.3 is 10.8 Å². The van der Waals surface area contributed by atoms with Gasteiger partial charge in [-0.1, -0.05) is 60.7 Å². The van der Waals surface area contributed by atoms with E-state index in [2.05, 4.69) is 4.90 Å². The summed E-state index contributed by atoms with van der Waals surface area (Å²) in [5.74, 6) is 0. The van der Waals surface area contributed by atoms with E-state index in [9.17, 15) is 5.11 Å². The lowest BCUT2D eigenvalue weighted by atomic mass is 9.86. The fourth-order valence-electron chi connectivity index (χ4n) is 3.11. The fourth-order valence-corrected chi connectivity index (χ4v) is 3.11. The van der Waals surface area contributed by atoms with Crippen LogP contribution in [0, 0.1) is 0 Å². The Kier molecular flexibility index (Phi) is 4.06. The Morgan fingerprint density at radius 2 is 1.52 bits per heavy atom. The lowest BCUT2D eigenvalue weighted by molar-refractivity contribution is 0.0430. The highest BCUT2D eigenvalue weighted by molar-refractivity contribution is 5.36. The molecule has 0 amide bonds. The van der Waals surface area contributed by atoms with Gasteiger partial charge in [0.2, 0.25) is 0 Å². The molecule has 1 saturated heterocycles. The van der Waals surface area contributed by atoms with E-state index in [1.54, 1.807) is 0 Å². The van der Waals surface area contributed by atoms with Crippen molar-refractivity contribution in [1.82, 2.24) is 4.90 Å². The molecular weight excluding hydrogens is 260 g/mol. The van der Waals surface area contributed by atoms with Crippen molar-refractivity contribution in [2.45, 2.75) is 18.1 Å². The van der Waals surface area contributed by atoms with Crippen LogP contribution in [-0.4, -0.2) is 35.7 Å². The second-order valence-corrected chi connectivity index (χ2v) is 5.88. The van der Waals surface area contributed by atoms with E-state index >= 15 is 0 Å². The van der Waals surface area contributed by atoms with Crippen LogP contribution in [0.15, 0.2) is 60.7 Å². The Labute approximate surface area is 126 Å². The zero-order valence-corrected chi connectivity index (χ0v) is 12.2. The van der Waals surface area contributed by atoms with Gasteiger partial charge in [-0.2, -0.15) is 0 Å². The molecule has 1 aliphatic heterocycles. The number of aliphatic hydroxyl groups is 1. The van der Waals surface area contributed by atoms with Crippen LogP contribution in [0.1, 0.15) is 17.5 Å². The Morgan fingerprint density at radius 1 is 1.00 bits per heavy atom. The summed E-state index contributed by atoms with van der Waals surface area (Å²) in [6.07, 6.45) is 1.000. The highest BCUT2D eigenvalue weighted by Crippen LogP contribution is 2.31. The van der Waals surface area contributed by atoms with Crippen molar-refractivity contribution in [2.75, 3.05) is 19.6 Å². The molecule has 0 aliphatic carbocycles. The van der Waals surface area contributed by atoms with E-state index in [1.807, 2.05) is 60.7 Å². The second kappa shape index (κ2) is 5.98. The number of nitrogens with two attached hydrogens (primary N) is 1.